The Morgan fingerprint density at radius 3 is 2.30 bits per heavy atom. The molecule has 3 atom stereocenters. The zero-order chi connectivity index (χ0) is 24.2. The fourth-order valence-corrected chi connectivity index (χ4v) is 3.90. The van der Waals surface area contributed by atoms with Gasteiger partial charge in [-0.3, -0.25) is 4.79 Å². The Morgan fingerprint density at radius 1 is 1.12 bits per heavy atom. The highest BCUT2D eigenvalue weighted by atomic mass is 19.4. The number of hydrogen-bond donors (Lipinski definition) is 3. The van der Waals surface area contributed by atoms with Crippen molar-refractivity contribution in [2.24, 2.45) is 5.92 Å². The van der Waals surface area contributed by atoms with Gasteiger partial charge < -0.3 is 25.4 Å². The van der Waals surface area contributed by atoms with Gasteiger partial charge in [0.15, 0.2) is 0 Å². The quantitative estimate of drug-likeness (QED) is 0.545. The van der Waals surface area contributed by atoms with Crippen LogP contribution in [0.25, 0.3) is 0 Å². The minimum Gasteiger partial charge on any atom is -0.466 e. The molecule has 2 aromatic carbocycles. The maximum atomic E-state index is 13.8. The standard InChI is InChI=1S/C23H26F3N3O4/c1-3-29(14-15-8-6-5-7-9-15)17-12-10-16(11-13-17)19-18(20(30)33-4-2)22(32,23(24,25)26)28-21(31)27-19/h5-13,18-19,32H,3-4,14H2,1-2H3,(H2,27,28,31). The average molecular weight is 465 g/mol. The summed E-state index contributed by atoms with van der Waals surface area (Å²) < 4.78 is 46.1. The topological polar surface area (TPSA) is 90.9 Å². The predicted molar refractivity (Wildman–Crippen MR) is 115 cm³/mol. The van der Waals surface area contributed by atoms with E-state index in [9.17, 15) is 27.9 Å². The molecule has 1 saturated heterocycles. The van der Waals surface area contributed by atoms with Crippen LogP contribution >= 0.6 is 0 Å². The van der Waals surface area contributed by atoms with Gasteiger partial charge in [-0.15, -0.1) is 0 Å². The number of halogens is 3. The average Bonchev–Trinajstić information content (AvgIpc) is 2.77. The number of ether oxygens (including phenoxy) is 1. The van der Waals surface area contributed by atoms with Crippen LogP contribution in [-0.2, 0) is 16.1 Å². The van der Waals surface area contributed by atoms with Crippen molar-refractivity contribution in [3.05, 3.63) is 65.7 Å². The van der Waals surface area contributed by atoms with E-state index in [-0.39, 0.29) is 12.2 Å². The van der Waals surface area contributed by atoms with Gasteiger partial charge in [-0.2, -0.15) is 13.2 Å². The Balaban J connectivity index is 1.93. The number of aliphatic hydroxyl groups is 1. The Kier molecular flexibility index (Phi) is 7.16. The second-order valence-electron chi connectivity index (χ2n) is 7.66. The first kappa shape index (κ1) is 24.4. The number of hydrogen-bond acceptors (Lipinski definition) is 5. The van der Waals surface area contributed by atoms with Crippen molar-refractivity contribution in [3.8, 4) is 0 Å². The van der Waals surface area contributed by atoms with Crippen molar-refractivity contribution in [3.63, 3.8) is 0 Å². The zero-order valence-corrected chi connectivity index (χ0v) is 18.2. The highest BCUT2D eigenvalue weighted by Gasteiger charge is 2.67. The van der Waals surface area contributed by atoms with E-state index in [0.717, 1.165) is 11.3 Å². The second kappa shape index (κ2) is 9.70. The van der Waals surface area contributed by atoms with Crippen molar-refractivity contribution in [2.75, 3.05) is 18.1 Å². The van der Waals surface area contributed by atoms with Gasteiger partial charge in [0.2, 0.25) is 0 Å². The summed E-state index contributed by atoms with van der Waals surface area (Å²) in [4.78, 5) is 26.6. The normalized spacial score (nSPS) is 22.8. The lowest BCUT2D eigenvalue weighted by atomic mass is 9.82. The summed E-state index contributed by atoms with van der Waals surface area (Å²) in [6.07, 6.45) is -5.31. The van der Waals surface area contributed by atoms with Gasteiger partial charge >= 0.3 is 18.2 Å². The van der Waals surface area contributed by atoms with E-state index in [1.165, 1.54) is 24.4 Å². The Bertz CT molecular complexity index is 969. The third kappa shape index (κ3) is 5.05. The molecule has 1 aliphatic rings. The Labute approximate surface area is 189 Å². The van der Waals surface area contributed by atoms with Crippen molar-refractivity contribution >= 4 is 17.7 Å². The van der Waals surface area contributed by atoms with Crippen molar-refractivity contribution < 1.29 is 32.6 Å². The monoisotopic (exact) mass is 465 g/mol. The summed E-state index contributed by atoms with van der Waals surface area (Å²) in [5, 5.41) is 14.2. The molecule has 33 heavy (non-hydrogen) atoms. The summed E-state index contributed by atoms with van der Waals surface area (Å²) in [7, 11) is 0. The van der Waals surface area contributed by atoms with Gasteiger partial charge in [-0.1, -0.05) is 42.5 Å². The number of amides is 2. The molecule has 3 rings (SSSR count). The van der Waals surface area contributed by atoms with Crippen molar-refractivity contribution in [2.45, 2.75) is 38.3 Å². The van der Waals surface area contributed by atoms with E-state index in [2.05, 4.69) is 10.2 Å². The van der Waals surface area contributed by atoms with Crippen LogP contribution in [0.15, 0.2) is 54.6 Å². The fourth-order valence-electron chi connectivity index (χ4n) is 3.90. The van der Waals surface area contributed by atoms with Crippen LogP contribution < -0.4 is 15.5 Å². The van der Waals surface area contributed by atoms with Crippen LogP contribution in [0.3, 0.4) is 0 Å². The molecule has 1 aliphatic heterocycles. The number of anilines is 1. The van der Waals surface area contributed by atoms with Gasteiger partial charge in [-0.25, -0.2) is 4.79 Å². The maximum absolute atomic E-state index is 13.8. The van der Waals surface area contributed by atoms with Crippen molar-refractivity contribution in [1.29, 1.82) is 0 Å². The predicted octanol–water partition coefficient (Wildman–Crippen LogP) is 3.50. The second-order valence-corrected chi connectivity index (χ2v) is 7.66. The van der Waals surface area contributed by atoms with E-state index in [1.54, 1.807) is 12.1 Å². The zero-order valence-electron chi connectivity index (χ0n) is 18.2. The molecule has 0 aliphatic carbocycles. The van der Waals surface area contributed by atoms with Crippen molar-refractivity contribution in [1.82, 2.24) is 10.6 Å². The number of rotatable bonds is 7. The SMILES string of the molecule is CCOC(=O)C1C(c2ccc(N(CC)Cc3ccccc3)cc2)NC(=O)NC1(O)C(F)(F)F. The number of nitrogens with zero attached hydrogens (tertiary/aromatic N) is 1. The molecule has 7 nitrogen and oxygen atoms in total. The first-order chi connectivity index (χ1) is 15.6. The lowest BCUT2D eigenvalue weighted by Crippen LogP contribution is -2.73. The lowest BCUT2D eigenvalue weighted by molar-refractivity contribution is -0.294. The van der Waals surface area contributed by atoms with E-state index >= 15 is 0 Å². The molecular formula is C23H26F3N3O4. The summed E-state index contributed by atoms with van der Waals surface area (Å²) in [5.74, 6) is -3.43. The van der Waals surface area contributed by atoms with Gasteiger partial charge in [-0.05, 0) is 37.1 Å². The number of nitrogens with one attached hydrogen (secondary N) is 2. The minimum atomic E-state index is -5.31. The number of alkyl halides is 3. The van der Waals surface area contributed by atoms with Crippen LogP contribution in [0.5, 0.6) is 0 Å². The molecule has 0 saturated carbocycles. The van der Waals surface area contributed by atoms with Gasteiger partial charge in [0.25, 0.3) is 5.72 Å². The highest BCUT2D eigenvalue weighted by Crippen LogP contribution is 2.43. The molecule has 2 amide bonds. The molecule has 0 spiro atoms. The van der Waals surface area contributed by atoms with Crippen LogP contribution in [0, 0.1) is 5.92 Å². The smallest absolute Gasteiger partial charge is 0.437 e. The van der Waals surface area contributed by atoms with Crippen LogP contribution in [0.2, 0.25) is 0 Å². The maximum Gasteiger partial charge on any atom is 0.437 e. The molecule has 178 valence electrons. The van der Waals surface area contributed by atoms with Crippen LogP contribution in [0.1, 0.15) is 31.0 Å². The largest absolute Gasteiger partial charge is 0.466 e. The third-order valence-corrected chi connectivity index (χ3v) is 5.56. The minimum absolute atomic E-state index is 0.187. The van der Waals surface area contributed by atoms with E-state index < -0.39 is 35.9 Å². The molecule has 3 unspecified atom stereocenters. The molecule has 3 N–H and O–H groups in total. The third-order valence-electron chi connectivity index (χ3n) is 5.56. The molecular weight excluding hydrogens is 439 g/mol. The van der Waals surface area contributed by atoms with E-state index in [0.29, 0.717) is 13.1 Å². The van der Waals surface area contributed by atoms with Crippen LogP contribution in [0.4, 0.5) is 23.7 Å². The molecule has 0 bridgehead atoms. The fraction of sp³-hybridized carbons (Fsp3) is 0.391. The number of esters is 1. The van der Waals surface area contributed by atoms with E-state index in [4.69, 9.17) is 4.74 Å². The van der Waals surface area contributed by atoms with Gasteiger partial charge in [0, 0.05) is 18.8 Å². The first-order valence-electron chi connectivity index (χ1n) is 10.5. The lowest BCUT2D eigenvalue weighted by Gasteiger charge is -2.44. The highest BCUT2D eigenvalue weighted by molar-refractivity contribution is 5.83. The number of urea groups is 1. The molecule has 10 heteroatoms. The molecule has 2 aromatic rings. The molecule has 0 radical (unpaired) electrons. The molecule has 1 fully saturated rings. The summed E-state index contributed by atoms with van der Waals surface area (Å²) in [5.41, 5.74) is -1.66. The molecule has 1 heterocycles. The van der Waals surface area contributed by atoms with E-state index in [1.807, 2.05) is 37.3 Å². The van der Waals surface area contributed by atoms with Gasteiger partial charge in [0.05, 0.1) is 12.6 Å². The summed E-state index contributed by atoms with van der Waals surface area (Å²) in [6, 6.07) is 13.5. The van der Waals surface area contributed by atoms with Crippen LogP contribution in [-0.4, -0.2) is 42.2 Å². The number of benzene rings is 2. The summed E-state index contributed by atoms with van der Waals surface area (Å²) in [6.45, 7) is 4.53. The molecule has 0 aromatic heterocycles. The van der Waals surface area contributed by atoms with Gasteiger partial charge in [0.1, 0.15) is 5.92 Å². The Morgan fingerprint density at radius 2 is 1.76 bits per heavy atom. The first-order valence-corrected chi connectivity index (χ1v) is 10.5. The number of carbonyl (C=O) groups is 2. The summed E-state index contributed by atoms with van der Waals surface area (Å²) >= 11 is 0. The number of carbonyl (C=O) groups excluding carboxylic acids is 2. The Hall–Kier alpha value is -3.27.